The van der Waals surface area contributed by atoms with Gasteiger partial charge >= 0.3 is 6.18 Å². The van der Waals surface area contributed by atoms with Crippen molar-refractivity contribution in [1.29, 1.82) is 0 Å². The van der Waals surface area contributed by atoms with Crippen LogP contribution in [0, 0.1) is 6.92 Å². The number of nitrogens with one attached hydrogen (secondary N) is 1. The minimum Gasteiger partial charge on any atom is -0.346 e. The molecular formula is C13H15F3N2. The zero-order chi connectivity index (χ0) is 13.2. The molecule has 1 heterocycles. The van der Waals surface area contributed by atoms with Crippen LogP contribution in [-0.2, 0) is 6.54 Å². The highest BCUT2D eigenvalue weighted by Crippen LogP contribution is 2.20. The Balaban J connectivity index is 2.00. The molecular weight excluding hydrogens is 241 g/mol. The Kier molecular flexibility index (Phi) is 3.61. The maximum atomic E-state index is 12.0. The molecule has 0 aliphatic carbocycles. The van der Waals surface area contributed by atoms with Gasteiger partial charge in [0.1, 0.15) is 0 Å². The van der Waals surface area contributed by atoms with E-state index in [-0.39, 0.29) is 0 Å². The third-order valence-corrected chi connectivity index (χ3v) is 2.84. The zero-order valence-electron chi connectivity index (χ0n) is 10.1. The third-order valence-electron chi connectivity index (χ3n) is 2.84. The van der Waals surface area contributed by atoms with Gasteiger partial charge in [-0.05, 0) is 18.6 Å². The van der Waals surface area contributed by atoms with E-state index in [9.17, 15) is 13.2 Å². The average Bonchev–Trinajstić information content (AvgIpc) is 2.62. The van der Waals surface area contributed by atoms with Gasteiger partial charge in [0.15, 0.2) is 0 Å². The summed E-state index contributed by atoms with van der Waals surface area (Å²) >= 11 is 0. The van der Waals surface area contributed by atoms with E-state index in [2.05, 4.69) is 5.32 Å². The van der Waals surface area contributed by atoms with Gasteiger partial charge in [0.2, 0.25) is 0 Å². The van der Waals surface area contributed by atoms with Gasteiger partial charge in [0.05, 0.1) is 6.54 Å². The van der Waals surface area contributed by atoms with Crippen LogP contribution in [0.5, 0.6) is 0 Å². The predicted molar refractivity (Wildman–Crippen MR) is 65.6 cm³/mol. The first-order valence-electron chi connectivity index (χ1n) is 5.79. The molecule has 2 rings (SSSR count). The molecule has 0 fully saturated rings. The van der Waals surface area contributed by atoms with Gasteiger partial charge in [-0.2, -0.15) is 13.2 Å². The summed E-state index contributed by atoms with van der Waals surface area (Å²) in [6.07, 6.45) is -2.17. The monoisotopic (exact) mass is 256 g/mol. The summed E-state index contributed by atoms with van der Waals surface area (Å²) in [5.74, 6) is 0. The Hall–Kier alpha value is -1.49. The van der Waals surface area contributed by atoms with Crippen LogP contribution in [0.25, 0.3) is 10.9 Å². The van der Waals surface area contributed by atoms with Crippen molar-refractivity contribution in [1.82, 2.24) is 9.88 Å². The minimum absolute atomic E-state index is 0.303. The molecule has 0 radical (unpaired) electrons. The number of fused-ring (bicyclic) bond motifs is 1. The number of benzene rings is 1. The second kappa shape index (κ2) is 5.02. The smallest absolute Gasteiger partial charge is 0.346 e. The molecule has 2 nitrogen and oxygen atoms in total. The van der Waals surface area contributed by atoms with E-state index in [0.29, 0.717) is 13.1 Å². The number of nitrogens with zero attached hydrogens (tertiary/aromatic N) is 1. The quantitative estimate of drug-likeness (QED) is 0.832. The number of alkyl halides is 3. The van der Waals surface area contributed by atoms with Gasteiger partial charge in [0, 0.05) is 30.2 Å². The van der Waals surface area contributed by atoms with E-state index < -0.39 is 12.7 Å². The van der Waals surface area contributed by atoms with Crippen LogP contribution < -0.4 is 5.32 Å². The van der Waals surface area contributed by atoms with E-state index in [1.165, 1.54) is 0 Å². The fourth-order valence-electron chi connectivity index (χ4n) is 2.05. The van der Waals surface area contributed by atoms with Crippen LogP contribution in [0.3, 0.4) is 0 Å². The first-order valence-corrected chi connectivity index (χ1v) is 5.79. The van der Waals surface area contributed by atoms with Crippen molar-refractivity contribution in [3.05, 3.63) is 36.0 Å². The summed E-state index contributed by atoms with van der Waals surface area (Å²) in [6, 6.07) is 7.89. The van der Waals surface area contributed by atoms with Crippen LogP contribution in [0.15, 0.2) is 30.5 Å². The molecule has 1 N–H and O–H groups in total. The number of aromatic nitrogens is 1. The molecule has 0 bridgehead atoms. The summed E-state index contributed by atoms with van der Waals surface area (Å²) in [4.78, 5) is 0. The van der Waals surface area contributed by atoms with Crippen molar-refractivity contribution >= 4 is 10.9 Å². The van der Waals surface area contributed by atoms with Gasteiger partial charge in [-0.25, -0.2) is 0 Å². The molecule has 1 aromatic heterocycles. The fourth-order valence-corrected chi connectivity index (χ4v) is 2.05. The summed E-state index contributed by atoms with van der Waals surface area (Å²) < 4.78 is 37.9. The Morgan fingerprint density at radius 3 is 2.67 bits per heavy atom. The fraction of sp³-hybridized carbons (Fsp3) is 0.385. The molecule has 0 unspecified atom stereocenters. The molecule has 0 spiro atoms. The summed E-state index contributed by atoms with van der Waals surface area (Å²) in [6.45, 7) is 1.90. The lowest BCUT2D eigenvalue weighted by molar-refractivity contribution is -0.124. The first-order chi connectivity index (χ1) is 8.47. The lowest BCUT2D eigenvalue weighted by Crippen LogP contribution is -2.31. The van der Waals surface area contributed by atoms with Crippen LogP contribution in [0.1, 0.15) is 5.56 Å². The Bertz CT molecular complexity index is 529. The molecule has 98 valence electrons. The molecule has 0 atom stereocenters. The molecule has 18 heavy (non-hydrogen) atoms. The van der Waals surface area contributed by atoms with Gasteiger partial charge in [0.25, 0.3) is 0 Å². The minimum atomic E-state index is -4.14. The van der Waals surface area contributed by atoms with Crippen molar-refractivity contribution in [2.75, 3.05) is 13.1 Å². The van der Waals surface area contributed by atoms with Gasteiger partial charge in [-0.3, -0.25) is 0 Å². The Morgan fingerprint density at radius 1 is 1.22 bits per heavy atom. The summed E-state index contributed by atoms with van der Waals surface area (Å²) in [7, 11) is 0. The zero-order valence-corrected chi connectivity index (χ0v) is 10.1. The van der Waals surface area contributed by atoms with E-state index in [1.807, 2.05) is 42.0 Å². The number of hydrogen-bond donors (Lipinski definition) is 1. The van der Waals surface area contributed by atoms with E-state index >= 15 is 0 Å². The standard InChI is InChI=1S/C13H15F3N2/c1-10-8-18(7-6-17-9-13(14,15)16)12-5-3-2-4-11(10)12/h2-5,8,17H,6-7,9H2,1H3. The second-order valence-electron chi connectivity index (χ2n) is 4.31. The van der Waals surface area contributed by atoms with Gasteiger partial charge in [-0.15, -0.1) is 0 Å². The number of rotatable bonds is 4. The van der Waals surface area contributed by atoms with Crippen molar-refractivity contribution in [3.8, 4) is 0 Å². The highest BCUT2D eigenvalue weighted by molar-refractivity contribution is 5.83. The normalized spacial score (nSPS) is 12.2. The lowest BCUT2D eigenvalue weighted by Gasteiger charge is -2.09. The molecule has 0 saturated carbocycles. The molecule has 0 amide bonds. The first kappa shape index (κ1) is 13.0. The SMILES string of the molecule is Cc1cn(CCNCC(F)(F)F)c2ccccc12. The number of para-hydroxylation sites is 1. The lowest BCUT2D eigenvalue weighted by atomic mass is 10.2. The molecule has 0 saturated heterocycles. The van der Waals surface area contributed by atoms with E-state index in [4.69, 9.17) is 0 Å². The molecule has 0 aliphatic rings. The highest BCUT2D eigenvalue weighted by Gasteiger charge is 2.25. The maximum Gasteiger partial charge on any atom is 0.401 e. The van der Waals surface area contributed by atoms with E-state index in [0.717, 1.165) is 16.5 Å². The highest BCUT2D eigenvalue weighted by atomic mass is 19.4. The molecule has 5 heteroatoms. The van der Waals surface area contributed by atoms with Crippen LogP contribution >= 0.6 is 0 Å². The van der Waals surface area contributed by atoms with E-state index in [1.54, 1.807) is 0 Å². The van der Waals surface area contributed by atoms with Crippen molar-refractivity contribution in [2.24, 2.45) is 0 Å². The van der Waals surface area contributed by atoms with Crippen molar-refractivity contribution < 1.29 is 13.2 Å². The maximum absolute atomic E-state index is 12.0. The van der Waals surface area contributed by atoms with Crippen LogP contribution in [-0.4, -0.2) is 23.8 Å². The topological polar surface area (TPSA) is 17.0 Å². The number of halogens is 3. The molecule has 0 aliphatic heterocycles. The second-order valence-corrected chi connectivity index (χ2v) is 4.31. The average molecular weight is 256 g/mol. The number of hydrogen-bond acceptors (Lipinski definition) is 1. The summed E-state index contributed by atoms with van der Waals surface area (Å²) in [5.41, 5.74) is 2.20. The number of aryl methyl sites for hydroxylation is 1. The van der Waals surface area contributed by atoms with Crippen molar-refractivity contribution in [3.63, 3.8) is 0 Å². The molecule has 1 aromatic carbocycles. The van der Waals surface area contributed by atoms with Gasteiger partial charge in [-0.1, -0.05) is 18.2 Å². The largest absolute Gasteiger partial charge is 0.401 e. The van der Waals surface area contributed by atoms with Gasteiger partial charge < -0.3 is 9.88 Å². The Labute approximate surface area is 103 Å². The third kappa shape index (κ3) is 3.04. The Morgan fingerprint density at radius 2 is 1.94 bits per heavy atom. The summed E-state index contributed by atoms with van der Waals surface area (Å²) in [5, 5.41) is 3.55. The predicted octanol–water partition coefficient (Wildman–Crippen LogP) is 3.10. The van der Waals surface area contributed by atoms with Crippen LogP contribution in [0.2, 0.25) is 0 Å². The van der Waals surface area contributed by atoms with Crippen molar-refractivity contribution in [2.45, 2.75) is 19.6 Å². The van der Waals surface area contributed by atoms with Crippen LogP contribution in [0.4, 0.5) is 13.2 Å². The molecule has 2 aromatic rings.